The van der Waals surface area contributed by atoms with Gasteiger partial charge in [-0.1, -0.05) is 234 Å². The van der Waals surface area contributed by atoms with Crippen LogP contribution in [-0.2, 0) is 32.7 Å². The van der Waals surface area contributed by atoms with E-state index >= 15 is 0 Å². The first-order chi connectivity index (χ1) is 33.6. The summed E-state index contributed by atoms with van der Waals surface area (Å²) in [6, 6.07) is -1.57. The Morgan fingerprint density at radius 2 is 0.841 bits per heavy atom. The molecule has 0 aliphatic heterocycles. The van der Waals surface area contributed by atoms with Gasteiger partial charge in [-0.3, -0.25) is 18.6 Å². The van der Waals surface area contributed by atoms with Crippen LogP contribution in [0.1, 0.15) is 239 Å². The largest absolute Gasteiger partial charge is 0.480 e. The van der Waals surface area contributed by atoms with Crippen LogP contribution in [0.2, 0.25) is 0 Å². The molecule has 12 heteroatoms. The van der Waals surface area contributed by atoms with Gasteiger partial charge in [-0.25, -0.2) is 9.36 Å². The number of aliphatic carboxylic acids is 1. The topological polar surface area (TPSA) is 169 Å². The van der Waals surface area contributed by atoms with Gasteiger partial charge in [0.15, 0.2) is 6.04 Å². The summed E-state index contributed by atoms with van der Waals surface area (Å²) in [5, 5.41) is 21.9. The molecule has 0 heterocycles. The van der Waals surface area contributed by atoms with Crippen molar-refractivity contribution in [2.45, 2.75) is 251 Å². The Bertz CT molecular complexity index is 1440. The van der Waals surface area contributed by atoms with Crippen LogP contribution in [0.4, 0.5) is 0 Å². The zero-order valence-corrected chi connectivity index (χ0v) is 44.5. The minimum Gasteiger partial charge on any atom is -0.480 e. The molecule has 69 heavy (non-hydrogen) atoms. The minimum atomic E-state index is -4.78. The highest BCUT2D eigenvalue weighted by molar-refractivity contribution is 7.47. The molecule has 3 atom stereocenters. The molecular weight excluding hydrogens is 890 g/mol. The average Bonchev–Trinajstić information content (AvgIpc) is 3.33. The van der Waals surface area contributed by atoms with Gasteiger partial charge < -0.3 is 25.2 Å². The lowest BCUT2D eigenvalue weighted by Gasteiger charge is -2.18. The van der Waals surface area contributed by atoms with Crippen LogP contribution in [0.5, 0.6) is 0 Å². The Hall–Kier alpha value is -3.08. The Balaban J connectivity index is 3.84. The molecule has 0 aromatic rings. The normalized spacial score (nSPS) is 14.0. The van der Waals surface area contributed by atoms with Crippen molar-refractivity contribution in [3.05, 3.63) is 72.9 Å². The van der Waals surface area contributed by atoms with E-state index in [9.17, 15) is 34.1 Å². The van der Waals surface area contributed by atoms with E-state index in [-0.39, 0.29) is 12.8 Å². The Morgan fingerprint density at radius 3 is 1.25 bits per heavy atom. The molecule has 0 aromatic carbocycles. The number of allylic oxidation sites excluding steroid dienone is 12. The number of esters is 1. The Kier molecular flexibility index (Phi) is 49.0. The second-order valence-electron chi connectivity index (χ2n) is 18.4. The molecule has 0 spiro atoms. The van der Waals surface area contributed by atoms with Gasteiger partial charge in [0.05, 0.1) is 13.2 Å². The van der Waals surface area contributed by atoms with Crippen molar-refractivity contribution >= 4 is 25.7 Å². The van der Waals surface area contributed by atoms with Gasteiger partial charge in [-0.15, -0.1) is 0 Å². The van der Waals surface area contributed by atoms with Crippen LogP contribution in [0.3, 0.4) is 0 Å². The molecule has 3 unspecified atom stereocenters. The molecule has 0 aliphatic carbocycles. The number of rotatable bonds is 51. The van der Waals surface area contributed by atoms with E-state index in [1.54, 1.807) is 0 Å². The Labute approximate surface area is 420 Å². The number of nitrogens with one attached hydrogen (secondary N) is 1. The summed E-state index contributed by atoms with van der Waals surface area (Å²) < 4.78 is 27.0. The number of phosphoric acid groups is 1. The van der Waals surface area contributed by atoms with Gasteiger partial charge in [-0.2, -0.15) is 0 Å². The van der Waals surface area contributed by atoms with Crippen LogP contribution in [0.25, 0.3) is 0 Å². The fraction of sp³-hybridized carbons (Fsp3) is 0.737. The molecule has 398 valence electrons. The molecule has 0 saturated heterocycles. The third-order valence-electron chi connectivity index (χ3n) is 11.8. The number of aliphatic hydroxyl groups excluding tert-OH is 1. The Morgan fingerprint density at radius 1 is 0.478 bits per heavy atom. The van der Waals surface area contributed by atoms with Crippen LogP contribution < -0.4 is 5.32 Å². The number of phosphoric ester groups is 1. The molecule has 0 rings (SSSR count). The first-order valence-electron chi connectivity index (χ1n) is 27.5. The molecule has 4 N–H and O–H groups in total. The van der Waals surface area contributed by atoms with Gasteiger partial charge in [0, 0.05) is 12.8 Å². The summed E-state index contributed by atoms with van der Waals surface area (Å²) in [5.74, 6) is -2.43. The summed E-state index contributed by atoms with van der Waals surface area (Å²) in [6.45, 7) is 2.49. The SMILES string of the molecule is CC/C=C\C/C=C\C/C=C\C/C=C\C/C=C\C/C=C\CCCCC(=O)NC(COP(=O)(O)OCC(O)COC(=O)CCCCCCCCCCCCCCCCCCCCCCCCCC)C(=O)O. The van der Waals surface area contributed by atoms with Crippen molar-refractivity contribution in [2.75, 3.05) is 19.8 Å². The number of aliphatic hydroxyl groups is 1. The lowest BCUT2D eigenvalue weighted by Crippen LogP contribution is -2.43. The van der Waals surface area contributed by atoms with Gasteiger partial charge in [-0.05, 0) is 64.2 Å². The summed E-state index contributed by atoms with van der Waals surface area (Å²) in [5.41, 5.74) is 0. The van der Waals surface area contributed by atoms with Crippen molar-refractivity contribution < 1.29 is 47.8 Å². The molecule has 11 nitrogen and oxygen atoms in total. The average molecular weight is 990 g/mol. The molecule has 0 radical (unpaired) electrons. The number of amides is 1. The summed E-state index contributed by atoms with van der Waals surface area (Å²) in [4.78, 5) is 46.2. The summed E-state index contributed by atoms with van der Waals surface area (Å²) in [7, 11) is -4.78. The molecule has 0 fully saturated rings. The second-order valence-corrected chi connectivity index (χ2v) is 19.9. The monoisotopic (exact) mass is 990 g/mol. The molecule has 1 amide bonds. The third-order valence-corrected chi connectivity index (χ3v) is 12.7. The van der Waals surface area contributed by atoms with Crippen molar-refractivity contribution in [1.82, 2.24) is 5.32 Å². The zero-order valence-electron chi connectivity index (χ0n) is 43.6. The van der Waals surface area contributed by atoms with E-state index in [1.165, 1.54) is 128 Å². The first-order valence-corrected chi connectivity index (χ1v) is 29.0. The van der Waals surface area contributed by atoms with Gasteiger partial charge in [0.1, 0.15) is 12.7 Å². The summed E-state index contributed by atoms with van der Waals surface area (Å²) >= 11 is 0. The lowest BCUT2D eigenvalue weighted by atomic mass is 10.0. The van der Waals surface area contributed by atoms with Crippen molar-refractivity contribution in [1.29, 1.82) is 0 Å². The van der Waals surface area contributed by atoms with E-state index in [0.29, 0.717) is 12.8 Å². The van der Waals surface area contributed by atoms with Crippen LogP contribution in [0, 0.1) is 0 Å². The highest BCUT2D eigenvalue weighted by Gasteiger charge is 2.28. The first kappa shape index (κ1) is 65.9. The third kappa shape index (κ3) is 51.1. The zero-order chi connectivity index (χ0) is 50.6. The maximum absolute atomic E-state index is 12.4. The molecular formula is C57H100NO10P. The second kappa shape index (κ2) is 51.3. The highest BCUT2D eigenvalue weighted by atomic mass is 31.2. The number of carboxylic acid groups (broad SMARTS) is 1. The van der Waals surface area contributed by atoms with E-state index in [4.69, 9.17) is 13.8 Å². The smallest absolute Gasteiger partial charge is 0.472 e. The van der Waals surface area contributed by atoms with Crippen LogP contribution >= 0.6 is 7.82 Å². The lowest BCUT2D eigenvalue weighted by molar-refractivity contribution is -0.147. The summed E-state index contributed by atoms with van der Waals surface area (Å²) in [6.07, 6.45) is 63.7. The van der Waals surface area contributed by atoms with Crippen molar-refractivity contribution in [3.63, 3.8) is 0 Å². The fourth-order valence-corrected chi connectivity index (χ4v) is 8.33. The number of hydrogen-bond acceptors (Lipinski definition) is 8. The predicted octanol–water partition coefficient (Wildman–Crippen LogP) is 15.6. The van der Waals surface area contributed by atoms with Gasteiger partial charge in [0.25, 0.3) is 0 Å². The molecule has 0 bridgehead atoms. The van der Waals surface area contributed by atoms with Crippen molar-refractivity contribution in [3.8, 4) is 0 Å². The number of carboxylic acids is 1. The number of carbonyl (C=O) groups excluding carboxylic acids is 2. The van der Waals surface area contributed by atoms with Gasteiger partial charge in [0.2, 0.25) is 5.91 Å². The van der Waals surface area contributed by atoms with E-state index < -0.39 is 57.6 Å². The number of carbonyl (C=O) groups is 3. The molecule has 0 saturated carbocycles. The van der Waals surface area contributed by atoms with Crippen LogP contribution in [0.15, 0.2) is 72.9 Å². The highest BCUT2D eigenvalue weighted by Crippen LogP contribution is 2.43. The van der Waals surface area contributed by atoms with E-state index in [2.05, 4.69) is 92.1 Å². The maximum atomic E-state index is 12.4. The van der Waals surface area contributed by atoms with Gasteiger partial charge >= 0.3 is 19.8 Å². The quantitative estimate of drug-likeness (QED) is 0.0199. The number of unbranched alkanes of at least 4 members (excludes halogenated alkanes) is 25. The van der Waals surface area contributed by atoms with Crippen molar-refractivity contribution in [2.24, 2.45) is 0 Å². The van der Waals surface area contributed by atoms with E-state index in [1.807, 2.05) is 0 Å². The van der Waals surface area contributed by atoms with Crippen LogP contribution in [-0.4, -0.2) is 64.9 Å². The van der Waals surface area contributed by atoms with E-state index in [0.717, 1.165) is 70.6 Å². The molecule has 0 aromatic heterocycles. The minimum absolute atomic E-state index is 0.0876. The standard InChI is InChI=1S/C57H100NO10P/c1-3-5-7-9-11-13-15-17-19-21-23-25-26-27-29-31-33-35-37-39-41-43-45-47-49-56(61)66-50-53(59)51-67-69(64,65)68-52-54(57(62)63)58-55(60)48-46-44-42-40-38-36-34-32-30-28-24-22-20-18-16-14-12-10-8-6-4-2/h6,8,12,14,18,20,24,28,32,34,38,40,53-54,59H,3-5,7,9-11,13,15-17,19,21-23,25-27,29-31,33,35-37,39,41-52H2,1-2H3,(H,58,60)(H,62,63)(H,64,65)/b8-6-,14-12-,20-18-,28-24-,34-32-,40-38-. The number of ether oxygens (including phenoxy) is 1. The molecule has 0 aliphatic rings. The predicted molar refractivity (Wildman–Crippen MR) is 286 cm³/mol. The maximum Gasteiger partial charge on any atom is 0.472 e. The number of hydrogen-bond donors (Lipinski definition) is 4. The fourth-order valence-electron chi connectivity index (χ4n) is 7.56.